The molecule has 0 aliphatic carbocycles. The van der Waals surface area contributed by atoms with Crippen molar-refractivity contribution in [3.8, 4) is 0 Å². The summed E-state index contributed by atoms with van der Waals surface area (Å²) in [5.74, 6) is 6.18. The molecule has 0 amide bonds. The number of anilines is 3. The van der Waals surface area contributed by atoms with Crippen molar-refractivity contribution >= 4 is 51.4 Å². The number of rotatable bonds is 3. The maximum atomic E-state index is 6.14. The van der Waals surface area contributed by atoms with E-state index in [4.69, 9.17) is 29.0 Å². The number of fused-ring (bicyclic) bond motifs is 1. The van der Waals surface area contributed by atoms with E-state index in [1.54, 1.807) is 12.3 Å². The molecule has 0 aliphatic rings. The molecule has 0 aliphatic heterocycles. The van der Waals surface area contributed by atoms with E-state index in [1.165, 1.54) is 0 Å². The second-order valence-electron chi connectivity index (χ2n) is 4.33. The Hall–Kier alpha value is -2.08. The third-order valence-corrected chi connectivity index (χ3v) is 3.51. The molecule has 4 N–H and O–H groups in total. The number of nitrogen functional groups attached to an aromatic ring is 1. The van der Waals surface area contributed by atoms with E-state index in [0.29, 0.717) is 21.7 Å². The summed E-state index contributed by atoms with van der Waals surface area (Å²) < 4.78 is 0. The van der Waals surface area contributed by atoms with Crippen molar-refractivity contribution in [2.24, 2.45) is 5.84 Å². The van der Waals surface area contributed by atoms with Crippen LogP contribution in [0.5, 0.6) is 0 Å². The van der Waals surface area contributed by atoms with E-state index in [1.807, 2.05) is 30.3 Å². The van der Waals surface area contributed by atoms with Crippen molar-refractivity contribution in [2.75, 3.05) is 10.7 Å². The smallest absolute Gasteiger partial charge is 0.161 e. The Balaban J connectivity index is 1.98. The fourth-order valence-corrected chi connectivity index (χ4v) is 2.41. The molecule has 3 aromatic rings. The molecule has 5 nitrogen and oxygen atoms in total. The molecular formula is C14H11Cl2N5. The van der Waals surface area contributed by atoms with Crippen molar-refractivity contribution in [2.45, 2.75) is 0 Å². The molecule has 0 saturated heterocycles. The van der Waals surface area contributed by atoms with Crippen LogP contribution in [0.1, 0.15) is 0 Å². The molecule has 0 radical (unpaired) electrons. The van der Waals surface area contributed by atoms with Gasteiger partial charge in [-0.25, -0.2) is 10.8 Å². The second-order valence-corrected chi connectivity index (χ2v) is 5.14. The molecule has 0 bridgehead atoms. The summed E-state index contributed by atoms with van der Waals surface area (Å²) in [5, 5.41) is 4.92. The highest BCUT2D eigenvalue weighted by molar-refractivity contribution is 6.37. The summed E-state index contributed by atoms with van der Waals surface area (Å²) in [6.07, 6.45) is 1.76. The zero-order valence-electron chi connectivity index (χ0n) is 10.8. The van der Waals surface area contributed by atoms with E-state index in [-0.39, 0.29) is 0 Å². The summed E-state index contributed by atoms with van der Waals surface area (Å²) in [6.45, 7) is 0. The van der Waals surface area contributed by atoms with Crippen LogP contribution in [-0.4, -0.2) is 9.97 Å². The van der Waals surface area contributed by atoms with Gasteiger partial charge in [0, 0.05) is 17.3 Å². The number of pyridine rings is 2. The van der Waals surface area contributed by atoms with Crippen molar-refractivity contribution in [1.82, 2.24) is 9.97 Å². The molecule has 0 unspecified atom stereocenters. The highest BCUT2D eigenvalue weighted by atomic mass is 35.5. The fraction of sp³-hybridized carbons (Fsp3) is 0. The van der Waals surface area contributed by atoms with Gasteiger partial charge >= 0.3 is 0 Å². The van der Waals surface area contributed by atoms with E-state index in [9.17, 15) is 0 Å². The SMILES string of the molecule is NNc1nc(Nc2ccc3ncccc3c2)c(Cl)cc1Cl. The molecule has 21 heavy (non-hydrogen) atoms. The van der Waals surface area contributed by atoms with Crippen molar-refractivity contribution in [3.05, 3.63) is 52.6 Å². The standard InChI is InChI=1S/C14H11Cl2N5/c15-10-7-11(16)14(21-17)20-13(10)19-9-3-4-12-8(6-9)2-1-5-18-12/h1-7H,17H2,(H2,19,20,21). The number of hydrogen-bond donors (Lipinski definition) is 3. The molecule has 0 fully saturated rings. The maximum Gasteiger partial charge on any atom is 0.161 e. The Morgan fingerprint density at radius 2 is 1.81 bits per heavy atom. The second kappa shape index (κ2) is 5.73. The minimum absolute atomic E-state index is 0.353. The third-order valence-electron chi connectivity index (χ3n) is 2.93. The molecule has 3 rings (SSSR count). The van der Waals surface area contributed by atoms with Crippen molar-refractivity contribution in [1.29, 1.82) is 0 Å². The zero-order chi connectivity index (χ0) is 14.8. The summed E-state index contributed by atoms with van der Waals surface area (Å²) in [5.41, 5.74) is 4.19. The Morgan fingerprint density at radius 1 is 1.00 bits per heavy atom. The van der Waals surface area contributed by atoms with E-state index >= 15 is 0 Å². The van der Waals surface area contributed by atoms with Crippen molar-refractivity contribution in [3.63, 3.8) is 0 Å². The largest absolute Gasteiger partial charge is 0.339 e. The third kappa shape index (κ3) is 2.85. The van der Waals surface area contributed by atoms with Gasteiger partial charge < -0.3 is 10.7 Å². The number of halogens is 2. The number of hydrazine groups is 1. The molecule has 2 aromatic heterocycles. The molecule has 2 heterocycles. The maximum absolute atomic E-state index is 6.14. The average Bonchev–Trinajstić information content (AvgIpc) is 2.50. The number of nitrogens with one attached hydrogen (secondary N) is 2. The highest BCUT2D eigenvalue weighted by Crippen LogP contribution is 2.31. The van der Waals surface area contributed by atoms with Gasteiger partial charge in [-0.1, -0.05) is 29.3 Å². The number of hydrogen-bond acceptors (Lipinski definition) is 5. The lowest BCUT2D eigenvalue weighted by atomic mass is 10.2. The zero-order valence-corrected chi connectivity index (χ0v) is 12.3. The molecule has 1 aromatic carbocycles. The first-order valence-corrected chi connectivity index (χ1v) is 6.87. The van der Waals surface area contributed by atoms with Gasteiger partial charge in [0.1, 0.15) is 0 Å². The van der Waals surface area contributed by atoms with Gasteiger partial charge in [-0.05, 0) is 30.3 Å². The molecular weight excluding hydrogens is 309 g/mol. The van der Waals surface area contributed by atoms with Crippen LogP contribution in [0.3, 0.4) is 0 Å². The van der Waals surface area contributed by atoms with E-state index in [2.05, 4.69) is 20.7 Å². The van der Waals surface area contributed by atoms with E-state index in [0.717, 1.165) is 16.6 Å². The average molecular weight is 320 g/mol. The first kappa shape index (κ1) is 13.9. The monoisotopic (exact) mass is 319 g/mol. The van der Waals surface area contributed by atoms with Crippen LogP contribution in [-0.2, 0) is 0 Å². The first-order chi connectivity index (χ1) is 10.2. The minimum Gasteiger partial charge on any atom is -0.339 e. The number of aromatic nitrogens is 2. The van der Waals surface area contributed by atoms with Gasteiger partial charge in [0.05, 0.1) is 15.6 Å². The predicted molar refractivity (Wildman–Crippen MR) is 87.1 cm³/mol. The summed E-state index contributed by atoms with van der Waals surface area (Å²) in [6, 6.07) is 11.2. The normalized spacial score (nSPS) is 10.6. The quantitative estimate of drug-likeness (QED) is 0.503. The van der Waals surface area contributed by atoms with Crippen LogP contribution in [0.25, 0.3) is 10.9 Å². The topological polar surface area (TPSA) is 75.9 Å². The van der Waals surface area contributed by atoms with Crippen LogP contribution in [0.4, 0.5) is 17.3 Å². The molecule has 106 valence electrons. The van der Waals surface area contributed by atoms with Gasteiger partial charge in [-0.15, -0.1) is 0 Å². The lowest BCUT2D eigenvalue weighted by Crippen LogP contribution is -2.10. The molecule has 0 spiro atoms. The van der Waals surface area contributed by atoms with Crippen LogP contribution >= 0.6 is 23.2 Å². The van der Waals surface area contributed by atoms with Crippen LogP contribution in [0.2, 0.25) is 10.0 Å². The van der Waals surface area contributed by atoms with E-state index < -0.39 is 0 Å². The van der Waals surface area contributed by atoms with Gasteiger partial charge in [-0.2, -0.15) is 0 Å². The van der Waals surface area contributed by atoms with Gasteiger partial charge in [0.25, 0.3) is 0 Å². The summed E-state index contributed by atoms with van der Waals surface area (Å²) in [4.78, 5) is 8.51. The minimum atomic E-state index is 0.353. The Morgan fingerprint density at radius 3 is 2.62 bits per heavy atom. The predicted octanol–water partition coefficient (Wildman–Crippen LogP) is 3.97. The number of benzene rings is 1. The van der Waals surface area contributed by atoms with Crippen LogP contribution in [0, 0.1) is 0 Å². The summed E-state index contributed by atoms with van der Waals surface area (Å²) in [7, 11) is 0. The Kier molecular flexibility index (Phi) is 3.79. The summed E-state index contributed by atoms with van der Waals surface area (Å²) >= 11 is 12.1. The molecule has 0 atom stereocenters. The first-order valence-electron chi connectivity index (χ1n) is 6.12. The molecule has 7 heteroatoms. The van der Waals surface area contributed by atoms with Gasteiger partial charge in [-0.3, -0.25) is 4.98 Å². The Labute approximate surface area is 131 Å². The lowest BCUT2D eigenvalue weighted by molar-refractivity contribution is 1.22. The lowest BCUT2D eigenvalue weighted by Gasteiger charge is -2.11. The molecule has 0 saturated carbocycles. The van der Waals surface area contributed by atoms with Crippen molar-refractivity contribution < 1.29 is 0 Å². The number of nitrogens with zero attached hydrogens (tertiary/aromatic N) is 2. The van der Waals surface area contributed by atoms with Gasteiger partial charge in [0.15, 0.2) is 11.6 Å². The highest BCUT2D eigenvalue weighted by Gasteiger charge is 2.09. The van der Waals surface area contributed by atoms with Crippen LogP contribution < -0.4 is 16.6 Å². The Bertz CT molecular complexity index is 806. The number of nitrogens with two attached hydrogens (primary N) is 1. The van der Waals surface area contributed by atoms with Crippen LogP contribution in [0.15, 0.2) is 42.6 Å². The fourth-order valence-electron chi connectivity index (χ4n) is 1.95. The van der Waals surface area contributed by atoms with Gasteiger partial charge in [0.2, 0.25) is 0 Å².